The normalized spacial score (nSPS) is 19.2. The van der Waals surface area contributed by atoms with Gasteiger partial charge in [0.15, 0.2) is 17.3 Å². The molecule has 4 heterocycles. The van der Waals surface area contributed by atoms with Crippen LogP contribution in [0.15, 0.2) is 34.7 Å². The number of hydrogen-bond acceptors (Lipinski definition) is 7. The number of rotatable bonds is 7. The number of likely N-dealkylation sites (tertiary alicyclic amines) is 1. The molecule has 2 N–H and O–H groups in total. The molecule has 186 valence electrons. The first-order valence-corrected chi connectivity index (χ1v) is 12.4. The quantitative estimate of drug-likeness (QED) is 0.526. The Labute approximate surface area is 206 Å². The van der Waals surface area contributed by atoms with Crippen LogP contribution in [0.4, 0.5) is 5.69 Å². The fraction of sp³-hybridized carbons (Fsp3) is 0.481. The standard InChI is InChI=1S/C27H34N4O4/c1-17-4-5-24(35-17)23-14-21(29-19-8-11-31(2)27(32)12-19)20-13-25(33-3)26(15-22(20)30-23)34-16-18-6-9-28-10-7-18/h4-5,13-15,18-19,28H,6-12,16H2,1-3H3,(H,29,30). The Hall–Kier alpha value is -3.26. The van der Waals surface area contributed by atoms with Crippen LogP contribution >= 0.6 is 0 Å². The topological polar surface area (TPSA) is 88.9 Å². The molecular weight excluding hydrogens is 444 g/mol. The van der Waals surface area contributed by atoms with Crippen molar-refractivity contribution in [1.82, 2.24) is 15.2 Å². The summed E-state index contributed by atoms with van der Waals surface area (Å²) in [7, 11) is 3.52. The average molecular weight is 479 g/mol. The van der Waals surface area contributed by atoms with Gasteiger partial charge in [0.25, 0.3) is 0 Å². The second kappa shape index (κ2) is 10.2. The number of anilines is 1. The molecule has 0 bridgehead atoms. The number of nitrogens with one attached hydrogen (secondary N) is 2. The number of carbonyl (C=O) groups excluding carboxylic acids is 1. The molecule has 2 saturated heterocycles. The first-order valence-electron chi connectivity index (χ1n) is 12.4. The monoisotopic (exact) mass is 478 g/mol. The van der Waals surface area contributed by atoms with E-state index in [0.717, 1.165) is 66.9 Å². The Morgan fingerprint density at radius 1 is 1.17 bits per heavy atom. The van der Waals surface area contributed by atoms with Gasteiger partial charge >= 0.3 is 0 Å². The molecule has 2 aliphatic heterocycles. The number of pyridine rings is 1. The van der Waals surface area contributed by atoms with Gasteiger partial charge in [-0.1, -0.05) is 0 Å². The van der Waals surface area contributed by atoms with Gasteiger partial charge in [-0.3, -0.25) is 4.79 Å². The van der Waals surface area contributed by atoms with Gasteiger partial charge in [-0.2, -0.15) is 0 Å². The Morgan fingerprint density at radius 2 is 2.00 bits per heavy atom. The summed E-state index contributed by atoms with van der Waals surface area (Å²) in [6.07, 6.45) is 3.57. The van der Waals surface area contributed by atoms with Gasteiger partial charge in [0.05, 0.1) is 19.2 Å². The Kier molecular flexibility index (Phi) is 6.81. The van der Waals surface area contributed by atoms with Crippen molar-refractivity contribution in [2.24, 2.45) is 5.92 Å². The highest BCUT2D eigenvalue weighted by molar-refractivity contribution is 5.96. The van der Waals surface area contributed by atoms with Crippen LogP contribution in [0.2, 0.25) is 0 Å². The summed E-state index contributed by atoms with van der Waals surface area (Å²) in [6.45, 7) is 5.38. The highest BCUT2D eigenvalue weighted by Crippen LogP contribution is 2.38. The summed E-state index contributed by atoms with van der Waals surface area (Å²) in [4.78, 5) is 19.0. The van der Waals surface area contributed by atoms with Crippen molar-refractivity contribution in [2.45, 2.75) is 38.6 Å². The summed E-state index contributed by atoms with van der Waals surface area (Å²) in [6, 6.07) is 9.86. The number of benzene rings is 1. The average Bonchev–Trinajstić information content (AvgIpc) is 3.31. The molecule has 1 unspecified atom stereocenters. The zero-order valence-electron chi connectivity index (χ0n) is 20.7. The van der Waals surface area contributed by atoms with Crippen LogP contribution in [0.1, 0.15) is 31.4 Å². The molecule has 0 spiro atoms. The van der Waals surface area contributed by atoms with Gasteiger partial charge < -0.3 is 29.4 Å². The maximum absolute atomic E-state index is 12.3. The molecule has 3 aromatic rings. The predicted octanol–water partition coefficient (Wildman–Crippen LogP) is 4.22. The van der Waals surface area contributed by atoms with Crippen molar-refractivity contribution in [3.05, 3.63) is 36.1 Å². The lowest BCUT2D eigenvalue weighted by Crippen LogP contribution is -2.41. The highest BCUT2D eigenvalue weighted by atomic mass is 16.5. The van der Waals surface area contributed by atoms with E-state index in [1.807, 2.05) is 44.3 Å². The van der Waals surface area contributed by atoms with E-state index in [-0.39, 0.29) is 11.9 Å². The molecule has 0 radical (unpaired) electrons. The number of aromatic nitrogens is 1. The van der Waals surface area contributed by atoms with E-state index in [0.29, 0.717) is 36.2 Å². The van der Waals surface area contributed by atoms with Gasteiger partial charge in [0.2, 0.25) is 5.91 Å². The molecule has 1 amide bonds. The Bertz CT molecular complexity index is 1200. The lowest BCUT2D eigenvalue weighted by atomic mass is 9.99. The molecule has 1 aromatic carbocycles. The van der Waals surface area contributed by atoms with Gasteiger partial charge in [-0.15, -0.1) is 0 Å². The third-order valence-electron chi connectivity index (χ3n) is 7.04. The molecule has 2 fully saturated rings. The second-order valence-electron chi connectivity index (χ2n) is 9.64. The number of ether oxygens (including phenoxy) is 2. The minimum atomic E-state index is 0.0531. The molecule has 35 heavy (non-hydrogen) atoms. The van der Waals surface area contributed by atoms with E-state index in [1.54, 1.807) is 12.0 Å². The van der Waals surface area contributed by atoms with Gasteiger partial charge in [0, 0.05) is 43.2 Å². The summed E-state index contributed by atoms with van der Waals surface area (Å²) in [5.41, 5.74) is 2.44. The molecule has 2 aromatic heterocycles. The van der Waals surface area contributed by atoms with Gasteiger partial charge in [0.1, 0.15) is 11.5 Å². The van der Waals surface area contributed by atoms with E-state index in [4.69, 9.17) is 18.9 Å². The van der Waals surface area contributed by atoms with E-state index in [9.17, 15) is 4.79 Å². The summed E-state index contributed by atoms with van der Waals surface area (Å²) in [5.74, 6) is 3.59. The van der Waals surface area contributed by atoms with E-state index >= 15 is 0 Å². The zero-order chi connectivity index (χ0) is 24.4. The predicted molar refractivity (Wildman–Crippen MR) is 136 cm³/mol. The van der Waals surface area contributed by atoms with Crippen molar-refractivity contribution in [2.75, 3.05) is 45.7 Å². The third-order valence-corrected chi connectivity index (χ3v) is 7.04. The number of piperidine rings is 2. The highest BCUT2D eigenvalue weighted by Gasteiger charge is 2.25. The number of carbonyl (C=O) groups is 1. The van der Waals surface area contributed by atoms with E-state index < -0.39 is 0 Å². The fourth-order valence-corrected chi connectivity index (χ4v) is 4.87. The smallest absolute Gasteiger partial charge is 0.224 e. The summed E-state index contributed by atoms with van der Waals surface area (Å²) in [5, 5.41) is 7.94. The molecule has 0 saturated carbocycles. The number of aryl methyl sites for hydroxylation is 1. The molecule has 0 aliphatic carbocycles. The minimum absolute atomic E-state index is 0.0531. The zero-order valence-corrected chi connectivity index (χ0v) is 20.7. The lowest BCUT2D eigenvalue weighted by Gasteiger charge is -2.30. The second-order valence-corrected chi connectivity index (χ2v) is 9.64. The molecule has 2 aliphatic rings. The van der Waals surface area contributed by atoms with Crippen molar-refractivity contribution in [3.8, 4) is 23.0 Å². The molecular formula is C27H34N4O4. The van der Waals surface area contributed by atoms with Crippen LogP contribution < -0.4 is 20.1 Å². The van der Waals surface area contributed by atoms with Crippen LogP contribution in [-0.4, -0.2) is 62.2 Å². The SMILES string of the molecule is COc1cc2c(NC3CCN(C)C(=O)C3)cc(-c3ccc(C)o3)nc2cc1OCC1CCNCC1. The molecule has 5 rings (SSSR count). The van der Waals surface area contributed by atoms with Crippen molar-refractivity contribution in [1.29, 1.82) is 0 Å². The minimum Gasteiger partial charge on any atom is -0.493 e. The number of methoxy groups -OCH3 is 1. The van der Waals surface area contributed by atoms with Crippen molar-refractivity contribution in [3.63, 3.8) is 0 Å². The van der Waals surface area contributed by atoms with Crippen LogP contribution in [0.5, 0.6) is 11.5 Å². The van der Waals surface area contributed by atoms with E-state index in [1.165, 1.54) is 0 Å². The van der Waals surface area contributed by atoms with E-state index in [2.05, 4.69) is 10.6 Å². The maximum Gasteiger partial charge on any atom is 0.224 e. The molecule has 1 atom stereocenters. The number of hydrogen-bond donors (Lipinski definition) is 2. The summed E-state index contributed by atoms with van der Waals surface area (Å²) >= 11 is 0. The molecule has 8 heteroatoms. The Balaban J connectivity index is 1.51. The largest absolute Gasteiger partial charge is 0.493 e. The third kappa shape index (κ3) is 5.22. The maximum atomic E-state index is 12.3. The fourth-order valence-electron chi connectivity index (χ4n) is 4.87. The van der Waals surface area contributed by atoms with Crippen LogP contribution in [-0.2, 0) is 4.79 Å². The Morgan fingerprint density at radius 3 is 2.71 bits per heavy atom. The number of furan rings is 1. The van der Waals surface area contributed by atoms with Gasteiger partial charge in [-0.25, -0.2) is 4.98 Å². The van der Waals surface area contributed by atoms with Gasteiger partial charge in [-0.05, 0) is 69.5 Å². The van der Waals surface area contributed by atoms with Crippen molar-refractivity contribution < 1.29 is 18.7 Å². The number of amides is 1. The van der Waals surface area contributed by atoms with Crippen LogP contribution in [0, 0.1) is 12.8 Å². The van der Waals surface area contributed by atoms with Crippen LogP contribution in [0.25, 0.3) is 22.4 Å². The first kappa shape index (κ1) is 23.5. The first-order chi connectivity index (χ1) is 17.0. The van der Waals surface area contributed by atoms with Crippen molar-refractivity contribution >= 4 is 22.5 Å². The molecule has 8 nitrogen and oxygen atoms in total. The lowest BCUT2D eigenvalue weighted by molar-refractivity contribution is -0.132. The number of nitrogens with zero attached hydrogens (tertiary/aromatic N) is 2. The summed E-state index contributed by atoms with van der Waals surface area (Å²) < 4.78 is 17.9. The number of fused-ring (bicyclic) bond motifs is 1. The van der Waals surface area contributed by atoms with Crippen LogP contribution in [0.3, 0.4) is 0 Å².